The lowest BCUT2D eigenvalue weighted by molar-refractivity contribution is -0.118. The Morgan fingerprint density at radius 3 is 2.67 bits per heavy atom. The van der Waals surface area contributed by atoms with Crippen LogP contribution in [0.2, 0.25) is 0 Å². The van der Waals surface area contributed by atoms with Gasteiger partial charge in [0.05, 0.1) is 12.3 Å². The molecular weight excluding hydrogens is 325 g/mol. The van der Waals surface area contributed by atoms with E-state index in [2.05, 4.69) is 5.32 Å². The van der Waals surface area contributed by atoms with Crippen molar-refractivity contribution in [3.05, 3.63) is 65.0 Å². The summed E-state index contributed by atoms with van der Waals surface area (Å²) >= 11 is 1.50. The fourth-order valence-corrected chi connectivity index (χ4v) is 2.94. The van der Waals surface area contributed by atoms with Crippen LogP contribution in [0.25, 0.3) is 0 Å². The van der Waals surface area contributed by atoms with Crippen LogP contribution in [0.3, 0.4) is 0 Å². The molecule has 1 N–H and O–H groups in total. The van der Waals surface area contributed by atoms with Gasteiger partial charge in [0.15, 0.2) is 0 Å². The van der Waals surface area contributed by atoms with Gasteiger partial charge < -0.3 is 10.1 Å². The Morgan fingerprint density at radius 1 is 1.17 bits per heavy atom. The average Bonchev–Trinajstić information content (AvgIpc) is 2.57. The molecule has 128 valence electrons. The standard InChI is InChI=1S/C19H22FNO2S/c1-14-4-3-5-18(15(14)2)23-11-10-21-19(22)13-24-12-16-6-8-17(20)9-7-16/h3-9H,10-13H2,1-2H3,(H,21,22). The summed E-state index contributed by atoms with van der Waals surface area (Å²) in [5, 5.41) is 2.84. The maximum absolute atomic E-state index is 12.8. The van der Waals surface area contributed by atoms with E-state index in [0.29, 0.717) is 24.7 Å². The predicted octanol–water partition coefficient (Wildman–Crippen LogP) is 3.87. The number of amides is 1. The SMILES string of the molecule is Cc1cccc(OCCNC(=O)CSCc2ccc(F)cc2)c1C. The second-order valence-electron chi connectivity index (χ2n) is 5.52. The smallest absolute Gasteiger partial charge is 0.230 e. The van der Waals surface area contributed by atoms with E-state index in [1.165, 1.54) is 29.5 Å². The van der Waals surface area contributed by atoms with E-state index in [1.54, 1.807) is 12.1 Å². The Labute approximate surface area is 146 Å². The molecule has 1 amide bonds. The number of benzene rings is 2. The van der Waals surface area contributed by atoms with Gasteiger partial charge in [0, 0.05) is 5.75 Å². The van der Waals surface area contributed by atoms with Crippen molar-refractivity contribution in [2.24, 2.45) is 0 Å². The van der Waals surface area contributed by atoms with Crippen molar-refractivity contribution in [3.8, 4) is 5.75 Å². The lowest BCUT2D eigenvalue weighted by Gasteiger charge is -2.11. The molecule has 0 bridgehead atoms. The Kier molecular flexibility index (Phi) is 7.12. The monoisotopic (exact) mass is 347 g/mol. The summed E-state index contributed by atoms with van der Waals surface area (Å²) < 4.78 is 18.5. The Bertz CT molecular complexity index is 674. The maximum atomic E-state index is 12.8. The number of carbonyl (C=O) groups is 1. The highest BCUT2D eigenvalue weighted by Gasteiger charge is 2.04. The zero-order valence-electron chi connectivity index (χ0n) is 14.0. The molecule has 0 atom stereocenters. The third-order valence-electron chi connectivity index (χ3n) is 3.65. The Morgan fingerprint density at radius 2 is 1.92 bits per heavy atom. The summed E-state index contributed by atoms with van der Waals surface area (Å²) in [7, 11) is 0. The molecule has 0 aliphatic heterocycles. The van der Waals surface area contributed by atoms with Gasteiger partial charge in [-0.3, -0.25) is 4.79 Å². The fourth-order valence-electron chi connectivity index (χ4n) is 2.13. The van der Waals surface area contributed by atoms with Gasteiger partial charge in [-0.15, -0.1) is 11.8 Å². The van der Waals surface area contributed by atoms with E-state index >= 15 is 0 Å². The first kappa shape index (κ1) is 18.3. The lowest BCUT2D eigenvalue weighted by atomic mass is 10.1. The summed E-state index contributed by atoms with van der Waals surface area (Å²) in [4.78, 5) is 11.8. The molecular formula is C19H22FNO2S. The Hall–Kier alpha value is -2.01. The van der Waals surface area contributed by atoms with Gasteiger partial charge in [-0.25, -0.2) is 4.39 Å². The normalized spacial score (nSPS) is 10.5. The lowest BCUT2D eigenvalue weighted by Crippen LogP contribution is -2.29. The van der Waals surface area contributed by atoms with Gasteiger partial charge in [0.25, 0.3) is 0 Å². The first-order valence-corrected chi connectivity index (χ1v) is 8.99. The summed E-state index contributed by atoms with van der Waals surface area (Å²) in [6.07, 6.45) is 0. The third-order valence-corrected chi connectivity index (χ3v) is 4.66. The zero-order valence-corrected chi connectivity index (χ0v) is 14.8. The van der Waals surface area contributed by atoms with Crippen molar-refractivity contribution in [3.63, 3.8) is 0 Å². The van der Waals surface area contributed by atoms with E-state index in [9.17, 15) is 9.18 Å². The number of aryl methyl sites for hydroxylation is 1. The van der Waals surface area contributed by atoms with Crippen LogP contribution in [0.1, 0.15) is 16.7 Å². The third kappa shape index (κ3) is 5.89. The number of hydrogen-bond acceptors (Lipinski definition) is 3. The summed E-state index contributed by atoms with van der Waals surface area (Å²) in [6.45, 7) is 4.99. The molecule has 2 rings (SSSR count). The van der Waals surface area contributed by atoms with Gasteiger partial charge in [-0.2, -0.15) is 0 Å². The largest absolute Gasteiger partial charge is 0.491 e. The van der Waals surface area contributed by atoms with Crippen LogP contribution in [0.4, 0.5) is 4.39 Å². The molecule has 0 aliphatic carbocycles. The molecule has 2 aromatic rings. The molecule has 0 spiro atoms. The van der Waals surface area contributed by atoms with Gasteiger partial charge in [0.2, 0.25) is 5.91 Å². The van der Waals surface area contributed by atoms with Crippen LogP contribution in [-0.2, 0) is 10.5 Å². The number of halogens is 1. The fraction of sp³-hybridized carbons (Fsp3) is 0.316. The van der Waals surface area contributed by atoms with Gasteiger partial charge in [-0.1, -0.05) is 24.3 Å². The van der Waals surface area contributed by atoms with Crippen LogP contribution in [0.5, 0.6) is 5.75 Å². The number of carbonyl (C=O) groups excluding carboxylic acids is 1. The minimum atomic E-state index is -0.245. The van der Waals surface area contributed by atoms with Crippen LogP contribution in [0.15, 0.2) is 42.5 Å². The molecule has 3 nitrogen and oxygen atoms in total. The number of hydrogen-bond donors (Lipinski definition) is 1. The van der Waals surface area contributed by atoms with Crippen molar-refractivity contribution >= 4 is 17.7 Å². The topological polar surface area (TPSA) is 38.3 Å². The molecule has 5 heteroatoms. The van der Waals surface area contributed by atoms with Gasteiger partial charge in [0.1, 0.15) is 18.2 Å². The van der Waals surface area contributed by atoms with Crippen LogP contribution >= 0.6 is 11.8 Å². The zero-order chi connectivity index (χ0) is 17.4. The molecule has 0 fully saturated rings. The molecule has 0 saturated carbocycles. The maximum Gasteiger partial charge on any atom is 0.230 e. The first-order valence-electron chi connectivity index (χ1n) is 7.84. The van der Waals surface area contributed by atoms with E-state index in [1.807, 2.05) is 32.0 Å². The minimum Gasteiger partial charge on any atom is -0.491 e. The quantitative estimate of drug-likeness (QED) is 0.737. The molecule has 0 unspecified atom stereocenters. The number of thioether (sulfide) groups is 1. The first-order chi connectivity index (χ1) is 11.6. The van der Waals surface area contributed by atoms with Crippen molar-refractivity contribution in [1.82, 2.24) is 5.32 Å². The second kappa shape index (κ2) is 9.33. The summed E-state index contributed by atoms with van der Waals surface area (Å²) in [6, 6.07) is 12.3. The molecule has 0 aromatic heterocycles. The molecule has 0 radical (unpaired) electrons. The number of rotatable bonds is 8. The minimum absolute atomic E-state index is 0.0216. The van der Waals surface area contributed by atoms with Gasteiger partial charge in [-0.05, 0) is 48.7 Å². The highest BCUT2D eigenvalue weighted by molar-refractivity contribution is 7.99. The van der Waals surface area contributed by atoms with Gasteiger partial charge >= 0.3 is 0 Å². The van der Waals surface area contributed by atoms with Crippen LogP contribution < -0.4 is 10.1 Å². The predicted molar refractivity (Wildman–Crippen MR) is 97.0 cm³/mol. The average molecular weight is 347 g/mol. The highest BCUT2D eigenvalue weighted by Crippen LogP contribution is 2.20. The van der Waals surface area contributed by atoms with E-state index in [0.717, 1.165) is 16.9 Å². The highest BCUT2D eigenvalue weighted by atomic mass is 32.2. The van der Waals surface area contributed by atoms with E-state index in [-0.39, 0.29) is 11.7 Å². The molecule has 0 aliphatic rings. The van der Waals surface area contributed by atoms with Crippen LogP contribution in [0, 0.1) is 19.7 Å². The number of ether oxygens (including phenoxy) is 1. The van der Waals surface area contributed by atoms with Crippen LogP contribution in [-0.4, -0.2) is 24.8 Å². The van der Waals surface area contributed by atoms with Crippen molar-refractivity contribution in [2.45, 2.75) is 19.6 Å². The molecule has 2 aromatic carbocycles. The summed E-state index contributed by atoms with van der Waals surface area (Å²) in [5.74, 6) is 1.65. The molecule has 0 heterocycles. The number of nitrogens with one attached hydrogen (secondary N) is 1. The van der Waals surface area contributed by atoms with Crippen molar-refractivity contribution < 1.29 is 13.9 Å². The molecule has 0 saturated heterocycles. The Balaban J connectivity index is 1.61. The molecule has 24 heavy (non-hydrogen) atoms. The van der Waals surface area contributed by atoms with Crippen molar-refractivity contribution in [2.75, 3.05) is 18.9 Å². The summed E-state index contributed by atoms with van der Waals surface area (Å²) in [5.41, 5.74) is 3.32. The van der Waals surface area contributed by atoms with E-state index in [4.69, 9.17) is 4.74 Å². The van der Waals surface area contributed by atoms with E-state index < -0.39 is 0 Å². The second-order valence-corrected chi connectivity index (χ2v) is 6.50. The van der Waals surface area contributed by atoms with Crippen molar-refractivity contribution in [1.29, 1.82) is 0 Å².